The van der Waals surface area contributed by atoms with Gasteiger partial charge in [-0.15, -0.1) is 0 Å². The minimum atomic E-state index is -0.479. The molecule has 2 heterocycles. The molecule has 32 heavy (non-hydrogen) atoms. The molecule has 0 saturated carbocycles. The molecule has 1 fully saturated rings. The normalized spacial score (nSPS) is 14.4. The molecule has 0 aliphatic carbocycles. The number of anilines is 1. The van der Waals surface area contributed by atoms with E-state index >= 15 is 0 Å². The summed E-state index contributed by atoms with van der Waals surface area (Å²) in [5.41, 5.74) is 1.37. The average Bonchev–Trinajstić information content (AvgIpc) is 3.21. The van der Waals surface area contributed by atoms with Crippen LogP contribution in [0, 0.1) is 5.82 Å². The minimum absolute atomic E-state index is 0.101. The number of rotatable bonds is 6. The molecule has 0 radical (unpaired) electrons. The summed E-state index contributed by atoms with van der Waals surface area (Å²) in [4.78, 5) is 28.9. The first-order chi connectivity index (χ1) is 15.5. The smallest absolute Gasteiger partial charge is 0.255 e. The quantitative estimate of drug-likeness (QED) is 0.620. The van der Waals surface area contributed by atoms with Crippen LogP contribution in [0.15, 0.2) is 60.8 Å². The SMILES string of the molecule is O=C(CN1CCN(C(=O)c2ccc(F)cc2Cl)CC1)Nc1ccnn1Cc1ccccc1. The molecule has 9 heteroatoms. The summed E-state index contributed by atoms with van der Waals surface area (Å²) in [6, 6.07) is 15.4. The number of benzene rings is 2. The Morgan fingerprint density at radius 2 is 1.78 bits per heavy atom. The van der Waals surface area contributed by atoms with E-state index in [2.05, 4.69) is 10.4 Å². The molecule has 0 bridgehead atoms. The lowest BCUT2D eigenvalue weighted by Gasteiger charge is -2.34. The molecule has 4 rings (SSSR count). The maximum absolute atomic E-state index is 13.2. The lowest BCUT2D eigenvalue weighted by molar-refractivity contribution is -0.117. The largest absolute Gasteiger partial charge is 0.336 e. The van der Waals surface area contributed by atoms with Crippen LogP contribution in [0.2, 0.25) is 5.02 Å². The first-order valence-electron chi connectivity index (χ1n) is 10.3. The molecular weight excluding hydrogens is 433 g/mol. The van der Waals surface area contributed by atoms with Crippen LogP contribution in [0.5, 0.6) is 0 Å². The fourth-order valence-electron chi connectivity index (χ4n) is 3.65. The van der Waals surface area contributed by atoms with Gasteiger partial charge < -0.3 is 10.2 Å². The fourth-order valence-corrected chi connectivity index (χ4v) is 3.90. The van der Waals surface area contributed by atoms with E-state index in [-0.39, 0.29) is 28.9 Å². The van der Waals surface area contributed by atoms with E-state index in [1.54, 1.807) is 21.8 Å². The van der Waals surface area contributed by atoms with Gasteiger partial charge in [-0.1, -0.05) is 41.9 Å². The van der Waals surface area contributed by atoms with Crippen molar-refractivity contribution in [2.24, 2.45) is 0 Å². The summed E-state index contributed by atoms with van der Waals surface area (Å²) >= 11 is 6.01. The maximum Gasteiger partial charge on any atom is 0.255 e. The zero-order valence-electron chi connectivity index (χ0n) is 17.4. The van der Waals surface area contributed by atoms with E-state index in [1.807, 2.05) is 35.2 Å². The number of halogens is 2. The van der Waals surface area contributed by atoms with Crippen LogP contribution in [0.4, 0.5) is 10.2 Å². The van der Waals surface area contributed by atoms with Crippen molar-refractivity contribution in [2.45, 2.75) is 6.54 Å². The Balaban J connectivity index is 1.28. The van der Waals surface area contributed by atoms with E-state index < -0.39 is 5.82 Å². The van der Waals surface area contributed by atoms with Gasteiger partial charge in [-0.2, -0.15) is 5.10 Å². The molecule has 1 saturated heterocycles. The van der Waals surface area contributed by atoms with Crippen LogP contribution in [-0.4, -0.2) is 64.1 Å². The monoisotopic (exact) mass is 455 g/mol. The number of nitrogens with one attached hydrogen (secondary N) is 1. The van der Waals surface area contributed by atoms with Gasteiger partial charge in [-0.25, -0.2) is 9.07 Å². The Morgan fingerprint density at radius 1 is 1.03 bits per heavy atom. The van der Waals surface area contributed by atoms with Gasteiger partial charge in [0.25, 0.3) is 5.91 Å². The van der Waals surface area contributed by atoms with Crippen molar-refractivity contribution in [3.8, 4) is 0 Å². The second-order valence-electron chi connectivity index (χ2n) is 7.60. The standard InChI is InChI=1S/C23H23ClFN5O2/c24-20-14-18(25)6-7-19(20)23(32)29-12-10-28(11-13-29)16-22(31)27-21-8-9-26-30(21)15-17-4-2-1-3-5-17/h1-9,14H,10-13,15-16H2,(H,27,31). The van der Waals surface area contributed by atoms with E-state index in [0.717, 1.165) is 11.6 Å². The van der Waals surface area contributed by atoms with Crippen molar-refractivity contribution in [3.05, 3.63) is 82.8 Å². The van der Waals surface area contributed by atoms with Crippen molar-refractivity contribution in [1.29, 1.82) is 0 Å². The zero-order chi connectivity index (χ0) is 22.5. The van der Waals surface area contributed by atoms with Crippen molar-refractivity contribution in [3.63, 3.8) is 0 Å². The molecule has 1 aromatic heterocycles. The third kappa shape index (κ3) is 5.33. The van der Waals surface area contributed by atoms with Crippen molar-refractivity contribution >= 4 is 29.2 Å². The highest BCUT2D eigenvalue weighted by molar-refractivity contribution is 6.33. The number of carbonyl (C=O) groups excluding carboxylic acids is 2. The van der Waals surface area contributed by atoms with Gasteiger partial charge in [0.05, 0.1) is 29.9 Å². The first-order valence-corrected chi connectivity index (χ1v) is 10.7. The highest BCUT2D eigenvalue weighted by Gasteiger charge is 2.25. The number of hydrogen-bond acceptors (Lipinski definition) is 4. The van der Waals surface area contributed by atoms with Crippen LogP contribution >= 0.6 is 11.6 Å². The van der Waals surface area contributed by atoms with Crippen LogP contribution in [0.3, 0.4) is 0 Å². The predicted octanol–water partition coefficient (Wildman–Crippen LogP) is 3.12. The van der Waals surface area contributed by atoms with Crippen LogP contribution in [0.1, 0.15) is 15.9 Å². The van der Waals surface area contributed by atoms with Gasteiger partial charge in [-0.3, -0.25) is 14.5 Å². The number of piperazine rings is 1. The van der Waals surface area contributed by atoms with E-state index in [0.29, 0.717) is 38.5 Å². The molecule has 0 atom stereocenters. The molecular formula is C23H23ClFN5O2. The van der Waals surface area contributed by atoms with Crippen molar-refractivity contribution in [2.75, 3.05) is 38.0 Å². The van der Waals surface area contributed by atoms with Gasteiger partial charge in [0.15, 0.2) is 0 Å². The third-order valence-corrected chi connectivity index (χ3v) is 5.66. The molecule has 7 nitrogen and oxygen atoms in total. The Kier molecular flexibility index (Phi) is 6.82. The molecule has 1 aliphatic heterocycles. The Bertz CT molecular complexity index is 1100. The lowest BCUT2D eigenvalue weighted by Crippen LogP contribution is -2.50. The number of hydrogen-bond donors (Lipinski definition) is 1. The molecule has 166 valence electrons. The van der Waals surface area contributed by atoms with Crippen LogP contribution in [0.25, 0.3) is 0 Å². The first kappa shape index (κ1) is 22.0. The second kappa shape index (κ2) is 9.93. The summed E-state index contributed by atoms with van der Waals surface area (Å²) in [5.74, 6) is -0.212. The van der Waals surface area contributed by atoms with Gasteiger partial charge in [0.2, 0.25) is 5.91 Å². The number of amides is 2. The van der Waals surface area contributed by atoms with Gasteiger partial charge in [0.1, 0.15) is 11.6 Å². The molecule has 1 aliphatic rings. The number of nitrogens with zero attached hydrogens (tertiary/aromatic N) is 4. The zero-order valence-corrected chi connectivity index (χ0v) is 18.1. The topological polar surface area (TPSA) is 70.5 Å². The Morgan fingerprint density at radius 3 is 2.50 bits per heavy atom. The van der Waals surface area contributed by atoms with E-state index in [4.69, 9.17) is 11.6 Å². The Hall–Kier alpha value is -3.23. The summed E-state index contributed by atoms with van der Waals surface area (Å²) in [5, 5.41) is 7.31. The van der Waals surface area contributed by atoms with Crippen LogP contribution < -0.4 is 5.32 Å². The maximum atomic E-state index is 13.2. The summed E-state index contributed by atoms with van der Waals surface area (Å²) in [6.45, 7) is 2.83. The Labute approximate surface area is 190 Å². The van der Waals surface area contributed by atoms with Crippen LogP contribution in [-0.2, 0) is 11.3 Å². The molecule has 0 unspecified atom stereocenters. The fraction of sp³-hybridized carbons (Fsp3) is 0.261. The predicted molar refractivity (Wildman–Crippen MR) is 120 cm³/mol. The van der Waals surface area contributed by atoms with Crippen molar-refractivity contribution in [1.82, 2.24) is 19.6 Å². The van der Waals surface area contributed by atoms with E-state index in [1.165, 1.54) is 12.1 Å². The third-order valence-electron chi connectivity index (χ3n) is 5.35. The molecule has 0 spiro atoms. The number of aromatic nitrogens is 2. The lowest BCUT2D eigenvalue weighted by atomic mass is 10.1. The van der Waals surface area contributed by atoms with Gasteiger partial charge in [0, 0.05) is 32.2 Å². The van der Waals surface area contributed by atoms with Crippen molar-refractivity contribution < 1.29 is 14.0 Å². The minimum Gasteiger partial charge on any atom is -0.336 e. The summed E-state index contributed by atoms with van der Waals surface area (Å²) < 4.78 is 15.0. The molecule has 2 amide bonds. The molecule has 2 aromatic carbocycles. The summed E-state index contributed by atoms with van der Waals surface area (Å²) in [6.07, 6.45) is 1.66. The highest BCUT2D eigenvalue weighted by atomic mass is 35.5. The van der Waals surface area contributed by atoms with E-state index in [9.17, 15) is 14.0 Å². The molecule has 3 aromatic rings. The van der Waals surface area contributed by atoms with Gasteiger partial charge in [-0.05, 0) is 23.8 Å². The summed E-state index contributed by atoms with van der Waals surface area (Å²) in [7, 11) is 0. The molecule has 1 N–H and O–H groups in total. The van der Waals surface area contributed by atoms with Gasteiger partial charge >= 0.3 is 0 Å². The average molecular weight is 456 g/mol. The number of carbonyl (C=O) groups is 2. The second-order valence-corrected chi connectivity index (χ2v) is 8.01. The highest BCUT2D eigenvalue weighted by Crippen LogP contribution is 2.20.